The summed E-state index contributed by atoms with van der Waals surface area (Å²) in [6.45, 7) is 1.96. The smallest absolute Gasteiger partial charge is 0.157 e. The van der Waals surface area contributed by atoms with Crippen LogP contribution in [0.3, 0.4) is 0 Å². The summed E-state index contributed by atoms with van der Waals surface area (Å²) in [7, 11) is 0. The van der Waals surface area contributed by atoms with Crippen molar-refractivity contribution in [1.29, 1.82) is 0 Å². The fraction of sp³-hybridized carbons (Fsp3) is 0.269. The van der Waals surface area contributed by atoms with Gasteiger partial charge in [0.1, 0.15) is 11.2 Å². The second-order valence-corrected chi connectivity index (χ2v) is 11.1. The minimum atomic E-state index is 0.228. The number of fused-ring (bicyclic) bond motifs is 2. The van der Waals surface area contributed by atoms with Crippen molar-refractivity contribution in [3.05, 3.63) is 76.2 Å². The first-order valence-electron chi connectivity index (χ1n) is 11.5. The predicted molar refractivity (Wildman–Crippen MR) is 138 cm³/mol. The van der Waals surface area contributed by atoms with Gasteiger partial charge in [-0.3, -0.25) is 9.38 Å². The van der Waals surface area contributed by atoms with Crippen LogP contribution >= 0.6 is 35.0 Å². The van der Waals surface area contributed by atoms with Crippen LogP contribution in [-0.2, 0) is 11.8 Å². The summed E-state index contributed by atoms with van der Waals surface area (Å²) in [5.74, 6) is 1.03. The van der Waals surface area contributed by atoms with Gasteiger partial charge in [0.15, 0.2) is 11.5 Å². The van der Waals surface area contributed by atoms with E-state index in [1.165, 1.54) is 17.7 Å². The molecule has 5 heterocycles. The molecule has 1 aliphatic carbocycles. The highest BCUT2D eigenvalue weighted by molar-refractivity contribution is 7.99. The number of piperidine rings is 1. The van der Waals surface area contributed by atoms with Crippen molar-refractivity contribution in [2.75, 3.05) is 18.0 Å². The topological polar surface area (TPSA) is 46.3 Å². The summed E-state index contributed by atoms with van der Waals surface area (Å²) >= 11 is 14.2. The molecule has 8 heteroatoms. The van der Waals surface area contributed by atoms with Gasteiger partial charge in [0.2, 0.25) is 0 Å². The van der Waals surface area contributed by atoms with Gasteiger partial charge in [0.05, 0.1) is 21.1 Å². The predicted octanol–water partition coefficient (Wildman–Crippen LogP) is 6.66. The first-order valence-corrected chi connectivity index (χ1v) is 13.1. The molecule has 4 aromatic heterocycles. The van der Waals surface area contributed by atoms with Gasteiger partial charge < -0.3 is 4.90 Å². The Morgan fingerprint density at radius 2 is 1.79 bits per heavy atom. The van der Waals surface area contributed by atoms with Gasteiger partial charge >= 0.3 is 0 Å². The molecule has 1 aliphatic heterocycles. The van der Waals surface area contributed by atoms with Crippen molar-refractivity contribution >= 4 is 57.6 Å². The molecular weight excluding hydrogens is 485 g/mol. The van der Waals surface area contributed by atoms with Crippen molar-refractivity contribution in [3.63, 3.8) is 0 Å². The first kappa shape index (κ1) is 20.8. The number of anilines is 1. The molecule has 0 amide bonds. The Morgan fingerprint density at radius 3 is 2.68 bits per heavy atom. The Labute approximate surface area is 211 Å². The lowest BCUT2D eigenvalue weighted by atomic mass is 9.76. The minimum Gasteiger partial charge on any atom is -0.355 e. The van der Waals surface area contributed by atoms with Gasteiger partial charge in [-0.05, 0) is 61.6 Å². The largest absolute Gasteiger partial charge is 0.355 e. The van der Waals surface area contributed by atoms with Crippen LogP contribution in [-0.4, -0.2) is 32.4 Å². The summed E-state index contributed by atoms with van der Waals surface area (Å²) < 4.78 is 2.16. The Hall–Kier alpha value is -2.54. The molecule has 1 spiro atoms. The molecule has 0 bridgehead atoms. The van der Waals surface area contributed by atoms with E-state index >= 15 is 0 Å². The van der Waals surface area contributed by atoms with Gasteiger partial charge in [-0.25, -0.2) is 9.97 Å². The second kappa shape index (κ2) is 7.74. The van der Waals surface area contributed by atoms with Gasteiger partial charge in [-0.15, -0.1) is 0 Å². The molecule has 1 fully saturated rings. The Kier molecular flexibility index (Phi) is 4.73. The Balaban J connectivity index is 1.20. The van der Waals surface area contributed by atoms with Crippen LogP contribution in [0.4, 0.5) is 5.82 Å². The number of aromatic nitrogens is 4. The van der Waals surface area contributed by atoms with E-state index in [0.29, 0.717) is 10.0 Å². The quantitative estimate of drug-likeness (QED) is 0.274. The molecule has 0 atom stereocenters. The van der Waals surface area contributed by atoms with Crippen molar-refractivity contribution < 1.29 is 0 Å². The molecule has 7 rings (SSSR count). The zero-order chi connectivity index (χ0) is 22.9. The monoisotopic (exact) mass is 505 g/mol. The number of aryl methyl sites for hydroxylation is 1. The van der Waals surface area contributed by atoms with E-state index in [0.717, 1.165) is 64.8 Å². The highest BCUT2D eigenvalue weighted by Gasteiger charge is 2.42. The highest BCUT2D eigenvalue weighted by Crippen LogP contribution is 2.46. The average molecular weight is 506 g/mol. The number of nitrogens with zero attached hydrogens (tertiary/aromatic N) is 5. The standard InChI is InChI=1S/C26H21Cl2N5S/c27-17-4-1-5-19(22(17)28)34-20-6-7-21-31-24(18-15-30-25(20)33(18)21)32-13-10-26(11-14-32)9-8-16-3-2-12-29-23(16)26/h1-7,12,15H,8-11,13-14H2. The van der Waals surface area contributed by atoms with Gasteiger partial charge in [-0.1, -0.05) is 47.1 Å². The zero-order valence-corrected chi connectivity index (χ0v) is 20.7. The number of halogens is 2. The van der Waals surface area contributed by atoms with E-state index in [1.54, 1.807) is 17.8 Å². The van der Waals surface area contributed by atoms with E-state index in [2.05, 4.69) is 33.6 Å². The van der Waals surface area contributed by atoms with Crippen LogP contribution in [0.15, 0.2) is 64.6 Å². The van der Waals surface area contributed by atoms with Crippen LogP contribution in [0.5, 0.6) is 0 Å². The second-order valence-electron chi connectivity index (χ2n) is 9.23. The maximum atomic E-state index is 6.44. The van der Waals surface area contributed by atoms with Crippen LogP contribution in [0.25, 0.3) is 16.8 Å². The molecule has 1 aromatic carbocycles. The van der Waals surface area contributed by atoms with Crippen LogP contribution in [0.2, 0.25) is 10.0 Å². The van der Waals surface area contributed by atoms with Gasteiger partial charge in [0.25, 0.3) is 0 Å². The molecular formula is C26H21Cl2N5S. The molecule has 170 valence electrons. The normalized spacial score (nSPS) is 17.3. The van der Waals surface area contributed by atoms with Crippen molar-refractivity contribution in [1.82, 2.24) is 19.4 Å². The highest BCUT2D eigenvalue weighted by atomic mass is 35.5. The summed E-state index contributed by atoms with van der Waals surface area (Å²) in [5, 5.41) is 1.13. The molecule has 0 radical (unpaired) electrons. The van der Waals surface area contributed by atoms with Crippen LogP contribution in [0, 0.1) is 0 Å². The third kappa shape index (κ3) is 3.05. The Morgan fingerprint density at radius 1 is 0.912 bits per heavy atom. The van der Waals surface area contributed by atoms with Crippen LogP contribution in [0.1, 0.15) is 30.5 Å². The third-order valence-electron chi connectivity index (χ3n) is 7.47. The third-order valence-corrected chi connectivity index (χ3v) is 9.50. The number of benzene rings is 1. The fourth-order valence-corrected chi connectivity index (χ4v) is 7.13. The lowest BCUT2D eigenvalue weighted by molar-refractivity contribution is 0.322. The van der Waals surface area contributed by atoms with Crippen molar-refractivity contribution in [2.45, 2.75) is 40.9 Å². The Bertz CT molecular complexity index is 1540. The van der Waals surface area contributed by atoms with E-state index in [-0.39, 0.29) is 5.41 Å². The summed E-state index contributed by atoms with van der Waals surface area (Å²) in [6.07, 6.45) is 8.49. The zero-order valence-electron chi connectivity index (χ0n) is 18.3. The van der Waals surface area contributed by atoms with Gasteiger partial charge in [-0.2, -0.15) is 0 Å². The molecule has 0 saturated carbocycles. The summed E-state index contributed by atoms with van der Waals surface area (Å²) in [5.41, 5.74) is 5.88. The summed E-state index contributed by atoms with van der Waals surface area (Å²) in [4.78, 5) is 18.9. The minimum absolute atomic E-state index is 0.228. The molecule has 0 unspecified atom stereocenters. The van der Waals surface area contributed by atoms with Crippen molar-refractivity contribution in [2.24, 2.45) is 0 Å². The number of hydrogen-bond donors (Lipinski definition) is 0. The molecule has 5 aromatic rings. The fourth-order valence-electron chi connectivity index (χ4n) is 5.70. The molecule has 2 aliphatic rings. The lowest BCUT2D eigenvalue weighted by Crippen LogP contribution is -2.42. The SMILES string of the molecule is Clc1cccc(Sc2ccc3nc(N4CCC5(CCc6cccnc65)CC4)c4cnc2n34)c1Cl. The van der Waals surface area contributed by atoms with E-state index in [4.69, 9.17) is 38.2 Å². The van der Waals surface area contributed by atoms with Crippen molar-refractivity contribution in [3.8, 4) is 0 Å². The lowest BCUT2D eigenvalue weighted by Gasteiger charge is -2.39. The molecule has 34 heavy (non-hydrogen) atoms. The number of pyridine rings is 2. The molecule has 5 nitrogen and oxygen atoms in total. The maximum Gasteiger partial charge on any atom is 0.157 e. The number of rotatable bonds is 3. The summed E-state index contributed by atoms with van der Waals surface area (Å²) in [6, 6.07) is 14.1. The van der Waals surface area contributed by atoms with E-state index in [1.807, 2.05) is 24.5 Å². The van der Waals surface area contributed by atoms with E-state index in [9.17, 15) is 0 Å². The average Bonchev–Trinajstić information content (AvgIpc) is 3.56. The molecule has 1 saturated heterocycles. The van der Waals surface area contributed by atoms with Gasteiger partial charge in [0, 0.05) is 35.3 Å². The first-order chi connectivity index (χ1) is 16.6. The van der Waals surface area contributed by atoms with Crippen LogP contribution < -0.4 is 4.90 Å². The number of imidazole rings is 2. The maximum absolute atomic E-state index is 6.44. The molecule has 0 N–H and O–H groups in total. The van der Waals surface area contributed by atoms with E-state index < -0.39 is 0 Å². The number of hydrogen-bond acceptors (Lipinski definition) is 5.